The first-order valence-electron chi connectivity index (χ1n) is 7.71. The number of rotatable bonds is 5. The van der Waals surface area contributed by atoms with Crippen molar-refractivity contribution in [1.82, 2.24) is 4.90 Å². The molecular formula is C17H23FN2. The van der Waals surface area contributed by atoms with Gasteiger partial charge in [-0.25, -0.2) is 4.39 Å². The zero-order valence-electron chi connectivity index (χ0n) is 11.9. The van der Waals surface area contributed by atoms with Gasteiger partial charge < -0.3 is 10.6 Å². The third-order valence-electron chi connectivity index (χ3n) is 4.43. The highest BCUT2D eigenvalue weighted by molar-refractivity contribution is 5.43. The molecule has 108 valence electrons. The summed E-state index contributed by atoms with van der Waals surface area (Å²) in [5.74, 6) is 0.605. The van der Waals surface area contributed by atoms with Crippen LogP contribution in [-0.2, 0) is 0 Å². The lowest BCUT2D eigenvalue weighted by Gasteiger charge is -2.33. The van der Waals surface area contributed by atoms with Gasteiger partial charge in [-0.3, -0.25) is 0 Å². The SMILES string of the molecule is Nc1cc(C(CCC2CC2)N2C=CCCC2)ccc1F. The summed E-state index contributed by atoms with van der Waals surface area (Å²) in [4.78, 5) is 2.40. The molecule has 1 atom stereocenters. The van der Waals surface area contributed by atoms with E-state index in [0.717, 1.165) is 30.9 Å². The normalized spacial score (nSPS) is 20.1. The minimum atomic E-state index is -0.316. The van der Waals surface area contributed by atoms with Crippen molar-refractivity contribution >= 4 is 5.69 Å². The Labute approximate surface area is 120 Å². The highest BCUT2D eigenvalue weighted by Crippen LogP contribution is 2.38. The van der Waals surface area contributed by atoms with Gasteiger partial charge in [0.05, 0.1) is 11.7 Å². The minimum Gasteiger partial charge on any atom is -0.396 e. The summed E-state index contributed by atoms with van der Waals surface area (Å²) < 4.78 is 13.4. The number of halogens is 1. The van der Waals surface area contributed by atoms with Crippen LogP contribution < -0.4 is 5.73 Å². The second kappa shape index (κ2) is 5.86. The largest absolute Gasteiger partial charge is 0.396 e. The smallest absolute Gasteiger partial charge is 0.146 e. The molecule has 3 rings (SSSR count). The zero-order valence-corrected chi connectivity index (χ0v) is 11.9. The molecule has 1 unspecified atom stereocenters. The van der Waals surface area contributed by atoms with E-state index in [1.807, 2.05) is 12.1 Å². The van der Waals surface area contributed by atoms with Gasteiger partial charge in [0.2, 0.25) is 0 Å². The maximum Gasteiger partial charge on any atom is 0.146 e. The van der Waals surface area contributed by atoms with Crippen LogP contribution in [0.25, 0.3) is 0 Å². The number of nitrogens with two attached hydrogens (primary N) is 1. The van der Waals surface area contributed by atoms with E-state index in [1.54, 1.807) is 0 Å². The third-order valence-corrected chi connectivity index (χ3v) is 4.43. The molecule has 1 fully saturated rings. The first-order valence-corrected chi connectivity index (χ1v) is 7.71. The Bertz CT molecular complexity index is 494. The van der Waals surface area contributed by atoms with Crippen LogP contribution in [0.2, 0.25) is 0 Å². The maximum absolute atomic E-state index is 13.4. The second-order valence-corrected chi connectivity index (χ2v) is 6.08. The Morgan fingerprint density at radius 1 is 1.35 bits per heavy atom. The molecule has 0 saturated heterocycles. The van der Waals surface area contributed by atoms with Gasteiger partial charge in [-0.2, -0.15) is 0 Å². The van der Waals surface area contributed by atoms with Crippen LogP contribution >= 0.6 is 0 Å². The number of nitrogen functional groups attached to an aromatic ring is 1. The fraction of sp³-hybridized carbons (Fsp3) is 0.529. The minimum absolute atomic E-state index is 0.264. The average molecular weight is 274 g/mol. The first-order chi connectivity index (χ1) is 9.74. The molecule has 1 heterocycles. The number of allylic oxidation sites excluding steroid dienone is 1. The van der Waals surface area contributed by atoms with Crippen molar-refractivity contribution in [2.75, 3.05) is 12.3 Å². The molecule has 1 aromatic rings. The van der Waals surface area contributed by atoms with E-state index in [2.05, 4.69) is 17.2 Å². The summed E-state index contributed by atoms with van der Waals surface area (Å²) in [5.41, 5.74) is 7.16. The molecule has 1 saturated carbocycles. The van der Waals surface area contributed by atoms with Gasteiger partial charge >= 0.3 is 0 Å². The van der Waals surface area contributed by atoms with Crippen LogP contribution in [0.1, 0.15) is 50.1 Å². The Morgan fingerprint density at radius 2 is 2.20 bits per heavy atom. The molecule has 0 amide bonds. The lowest BCUT2D eigenvalue weighted by Crippen LogP contribution is -2.27. The standard InChI is InChI=1S/C17H23FN2/c18-15-8-7-14(12-16(15)19)17(9-6-13-4-5-13)20-10-2-1-3-11-20/h2,7-8,10,12-13,17H,1,3-6,9,11,19H2. The zero-order chi connectivity index (χ0) is 13.9. The molecular weight excluding hydrogens is 251 g/mol. The van der Waals surface area contributed by atoms with Crippen LogP contribution in [-0.4, -0.2) is 11.4 Å². The summed E-state index contributed by atoms with van der Waals surface area (Å²) >= 11 is 0. The van der Waals surface area contributed by atoms with Gasteiger partial charge in [0.25, 0.3) is 0 Å². The van der Waals surface area contributed by atoms with E-state index in [9.17, 15) is 4.39 Å². The molecule has 2 N–H and O–H groups in total. The molecule has 20 heavy (non-hydrogen) atoms. The van der Waals surface area contributed by atoms with E-state index in [-0.39, 0.29) is 11.5 Å². The topological polar surface area (TPSA) is 29.3 Å². The fourth-order valence-electron chi connectivity index (χ4n) is 3.03. The molecule has 2 aliphatic rings. The quantitative estimate of drug-likeness (QED) is 0.813. The molecule has 1 aliphatic heterocycles. The van der Waals surface area contributed by atoms with Crippen LogP contribution in [0.4, 0.5) is 10.1 Å². The summed E-state index contributed by atoms with van der Waals surface area (Å²) in [7, 11) is 0. The van der Waals surface area contributed by atoms with Gasteiger partial charge in [0.15, 0.2) is 0 Å². The summed E-state index contributed by atoms with van der Waals surface area (Å²) in [6.07, 6.45) is 12.0. The average Bonchev–Trinajstić information content (AvgIpc) is 3.28. The predicted molar refractivity (Wildman–Crippen MR) is 80.6 cm³/mol. The second-order valence-electron chi connectivity index (χ2n) is 6.08. The molecule has 3 heteroatoms. The van der Waals surface area contributed by atoms with E-state index in [4.69, 9.17) is 5.73 Å². The Balaban J connectivity index is 1.80. The van der Waals surface area contributed by atoms with Gasteiger partial charge in [-0.15, -0.1) is 0 Å². The number of nitrogens with zero attached hydrogens (tertiary/aromatic N) is 1. The molecule has 1 aromatic carbocycles. The van der Waals surface area contributed by atoms with Crippen LogP contribution in [0.5, 0.6) is 0 Å². The van der Waals surface area contributed by atoms with Gasteiger partial charge in [-0.05, 0) is 55.5 Å². The van der Waals surface area contributed by atoms with Crippen LogP contribution in [0, 0.1) is 11.7 Å². The van der Waals surface area contributed by atoms with E-state index >= 15 is 0 Å². The van der Waals surface area contributed by atoms with Gasteiger partial charge in [-0.1, -0.05) is 25.0 Å². The van der Waals surface area contributed by atoms with Crippen molar-refractivity contribution in [1.29, 1.82) is 0 Å². The van der Waals surface area contributed by atoms with E-state index < -0.39 is 0 Å². The summed E-state index contributed by atoms with van der Waals surface area (Å²) in [6.45, 7) is 1.09. The maximum atomic E-state index is 13.4. The number of hydrogen-bond donors (Lipinski definition) is 1. The predicted octanol–water partition coefficient (Wildman–Crippen LogP) is 4.25. The van der Waals surface area contributed by atoms with Crippen LogP contribution in [0.15, 0.2) is 30.5 Å². The van der Waals surface area contributed by atoms with Crippen molar-refractivity contribution < 1.29 is 4.39 Å². The molecule has 2 nitrogen and oxygen atoms in total. The number of hydrogen-bond acceptors (Lipinski definition) is 2. The molecule has 1 aliphatic carbocycles. The summed E-state index contributed by atoms with van der Waals surface area (Å²) in [6, 6.07) is 5.55. The first kappa shape index (κ1) is 13.5. The Hall–Kier alpha value is -1.51. The molecule has 0 spiro atoms. The number of anilines is 1. The third kappa shape index (κ3) is 3.14. The fourth-order valence-corrected chi connectivity index (χ4v) is 3.03. The van der Waals surface area contributed by atoms with Gasteiger partial charge in [0.1, 0.15) is 5.82 Å². The van der Waals surface area contributed by atoms with Crippen molar-refractivity contribution in [3.8, 4) is 0 Å². The lowest BCUT2D eigenvalue weighted by molar-refractivity contribution is 0.247. The van der Waals surface area contributed by atoms with E-state index in [0.29, 0.717) is 6.04 Å². The van der Waals surface area contributed by atoms with Crippen molar-refractivity contribution in [2.24, 2.45) is 5.92 Å². The molecule has 0 aromatic heterocycles. The van der Waals surface area contributed by atoms with Crippen molar-refractivity contribution in [3.63, 3.8) is 0 Å². The van der Waals surface area contributed by atoms with Crippen LogP contribution in [0.3, 0.4) is 0 Å². The van der Waals surface area contributed by atoms with Gasteiger partial charge in [0, 0.05) is 6.54 Å². The Morgan fingerprint density at radius 3 is 2.85 bits per heavy atom. The summed E-state index contributed by atoms with van der Waals surface area (Å²) in [5, 5.41) is 0. The highest BCUT2D eigenvalue weighted by atomic mass is 19.1. The highest BCUT2D eigenvalue weighted by Gasteiger charge is 2.25. The molecule has 0 radical (unpaired) electrons. The van der Waals surface area contributed by atoms with E-state index in [1.165, 1.54) is 31.7 Å². The molecule has 0 bridgehead atoms. The number of benzene rings is 1. The monoisotopic (exact) mass is 274 g/mol. The van der Waals surface area contributed by atoms with Crippen molar-refractivity contribution in [2.45, 2.75) is 44.6 Å². The van der Waals surface area contributed by atoms with Crippen molar-refractivity contribution in [3.05, 3.63) is 41.9 Å². The lowest BCUT2D eigenvalue weighted by atomic mass is 9.97. The Kier molecular flexibility index (Phi) is 3.95.